The molecule has 4 heterocycles. The lowest BCUT2D eigenvalue weighted by molar-refractivity contribution is 0.0750. The lowest BCUT2D eigenvalue weighted by Crippen LogP contribution is -2.49. The van der Waals surface area contributed by atoms with E-state index in [0.29, 0.717) is 13.1 Å². The Morgan fingerprint density at radius 2 is 2.00 bits per heavy atom. The Bertz CT molecular complexity index is 1010. The van der Waals surface area contributed by atoms with Crippen molar-refractivity contribution in [2.75, 3.05) is 31.1 Å². The van der Waals surface area contributed by atoms with Gasteiger partial charge in [0.05, 0.1) is 16.3 Å². The number of hydrogen-bond acceptors (Lipinski definition) is 7. The fourth-order valence-corrected chi connectivity index (χ4v) is 5.69. The predicted octanol–water partition coefficient (Wildman–Crippen LogP) is 3.42. The zero-order valence-corrected chi connectivity index (χ0v) is 17.4. The molecule has 1 amide bonds. The van der Waals surface area contributed by atoms with E-state index in [1.807, 2.05) is 29.3 Å². The van der Waals surface area contributed by atoms with Crippen molar-refractivity contribution in [3.63, 3.8) is 0 Å². The monoisotopic (exact) mass is 411 g/mol. The number of aryl methyl sites for hydroxylation is 3. The minimum Gasteiger partial charge on any atom is -0.352 e. The molecule has 5 rings (SSSR count). The molecule has 1 fully saturated rings. The molecule has 2 aliphatic rings. The molecule has 0 spiro atoms. The van der Waals surface area contributed by atoms with Crippen molar-refractivity contribution < 1.29 is 4.79 Å². The summed E-state index contributed by atoms with van der Waals surface area (Å²) in [5, 5.41) is 11.8. The van der Waals surface area contributed by atoms with E-state index in [-0.39, 0.29) is 5.91 Å². The maximum Gasteiger partial charge on any atom is 0.265 e. The van der Waals surface area contributed by atoms with Gasteiger partial charge in [0.25, 0.3) is 5.91 Å². The first kappa shape index (κ1) is 17.8. The molecule has 1 aliphatic heterocycles. The van der Waals surface area contributed by atoms with Crippen LogP contribution in [0.2, 0.25) is 0 Å². The molecule has 0 N–H and O–H groups in total. The van der Waals surface area contributed by atoms with Crippen molar-refractivity contribution in [2.45, 2.75) is 26.2 Å². The van der Waals surface area contributed by atoms with Crippen LogP contribution in [-0.4, -0.2) is 52.2 Å². The summed E-state index contributed by atoms with van der Waals surface area (Å²) in [5.74, 6) is 1.04. The van der Waals surface area contributed by atoms with E-state index in [0.717, 1.165) is 57.9 Å². The van der Waals surface area contributed by atoms with Crippen molar-refractivity contribution >= 4 is 34.4 Å². The van der Waals surface area contributed by atoms with Gasteiger partial charge < -0.3 is 9.80 Å². The summed E-state index contributed by atoms with van der Waals surface area (Å²) < 4.78 is 0. The minimum absolute atomic E-state index is 0.0949. The van der Waals surface area contributed by atoms with E-state index < -0.39 is 0 Å². The number of anilines is 1. The van der Waals surface area contributed by atoms with Crippen molar-refractivity contribution in [1.82, 2.24) is 20.1 Å². The molecule has 0 atom stereocenters. The molecule has 144 valence electrons. The highest BCUT2D eigenvalue weighted by Gasteiger charge is 2.27. The van der Waals surface area contributed by atoms with E-state index in [1.54, 1.807) is 11.3 Å². The number of nitrogens with zero attached hydrogens (tertiary/aromatic N) is 5. The first-order valence-corrected chi connectivity index (χ1v) is 11.3. The molecular weight excluding hydrogens is 390 g/mol. The molecule has 0 unspecified atom stereocenters. The summed E-state index contributed by atoms with van der Waals surface area (Å²) in [5.41, 5.74) is 3.31. The summed E-state index contributed by atoms with van der Waals surface area (Å²) in [6.45, 7) is 4.90. The SMILES string of the molecule is Cc1nc(-c2cccs2)sc1C(=O)N1CCN(c2cc3c(nn2)CCC3)CC1. The van der Waals surface area contributed by atoms with Crippen LogP contribution in [0.4, 0.5) is 5.82 Å². The third-order valence-electron chi connectivity index (χ3n) is 5.42. The maximum atomic E-state index is 13.1. The fourth-order valence-electron chi connectivity index (χ4n) is 3.85. The van der Waals surface area contributed by atoms with Crippen LogP contribution in [0.15, 0.2) is 23.6 Å². The lowest BCUT2D eigenvalue weighted by atomic mass is 10.2. The van der Waals surface area contributed by atoms with Gasteiger partial charge in [-0.05, 0) is 49.3 Å². The molecule has 28 heavy (non-hydrogen) atoms. The molecule has 8 heteroatoms. The van der Waals surface area contributed by atoms with Crippen LogP contribution < -0.4 is 4.90 Å². The van der Waals surface area contributed by atoms with Gasteiger partial charge in [0, 0.05) is 26.2 Å². The highest BCUT2D eigenvalue weighted by molar-refractivity contribution is 7.22. The summed E-state index contributed by atoms with van der Waals surface area (Å²) >= 11 is 3.16. The Hall–Kier alpha value is -2.32. The zero-order valence-electron chi connectivity index (χ0n) is 15.7. The van der Waals surface area contributed by atoms with E-state index in [2.05, 4.69) is 26.1 Å². The highest BCUT2D eigenvalue weighted by Crippen LogP contribution is 2.32. The van der Waals surface area contributed by atoms with Gasteiger partial charge in [-0.3, -0.25) is 4.79 Å². The summed E-state index contributed by atoms with van der Waals surface area (Å²) in [4.78, 5) is 23.7. The Morgan fingerprint density at radius 1 is 1.14 bits per heavy atom. The van der Waals surface area contributed by atoms with Crippen LogP contribution in [0, 0.1) is 6.92 Å². The standard InChI is InChI=1S/C20H21N5OS2/c1-13-18(28-19(21-13)16-6-3-11-27-16)20(26)25-9-7-24(8-10-25)17-12-14-4-2-5-15(14)22-23-17/h3,6,11-12H,2,4-5,7-10H2,1H3. The van der Waals surface area contributed by atoms with E-state index in [9.17, 15) is 4.79 Å². The Labute approximate surface area is 171 Å². The quantitative estimate of drug-likeness (QED) is 0.661. The third kappa shape index (κ3) is 3.20. The van der Waals surface area contributed by atoms with Gasteiger partial charge in [0.2, 0.25) is 0 Å². The number of thiophene rings is 1. The number of carbonyl (C=O) groups is 1. The number of hydrogen-bond donors (Lipinski definition) is 0. The number of thiazole rings is 1. The molecular formula is C20H21N5OS2. The molecule has 1 saturated heterocycles. The molecule has 6 nitrogen and oxygen atoms in total. The number of amides is 1. The van der Waals surface area contributed by atoms with E-state index in [4.69, 9.17) is 0 Å². The van der Waals surface area contributed by atoms with Gasteiger partial charge >= 0.3 is 0 Å². The topological polar surface area (TPSA) is 62.2 Å². The number of aromatic nitrogens is 3. The molecule has 3 aromatic heterocycles. The highest BCUT2D eigenvalue weighted by atomic mass is 32.1. The van der Waals surface area contributed by atoms with Crippen LogP contribution in [0.1, 0.15) is 33.0 Å². The maximum absolute atomic E-state index is 13.1. The fraction of sp³-hybridized carbons (Fsp3) is 0.400. The van der Waals surface area contributed by atoms with Gasteiger partial charge in [0.15, 0.2) is 5.82 Å². The van der Waals surface area contributed by atoms with Crippen LogP contribution in [0.3, 0.4) is 0 Å². The molecule has 0 bridgehead atoms. The van der Waals surface area contributed by atoms with Crippen molar-refractivity contribution in [3.05, 3.63) is 45.4 Å². The second-order valence-electron chi connectivity index (χ2n) is 7.22. The third-order valence-corrected chi connectivity index (χ3v) is 7.61. The van der Waals surface area contributed by atoms with Crippen LogP contribution in [0.25, 0.3) is 9.88 Å². The smallest absolute Gasteiger partial charge is 0.265 e. The molecule has 0 radical (unpaired) electrons. The number of rotatable bonds is 3. The molecule has 1 aliphatic carbocycles. The molecule has 3 aromatic rings. The van der Waals surface area contributed by atoms with Gasteiger partial charge in [-0.25, -0.2) is 4.98 Å². The average molecular weight is 412 g/mol. The Balaban J connectivity index is 1.27. The number of carbonyl (C=O) groups excluding carboxylic acids is 1. The Morgan fingerprint density at radius 3 is 2.79 bits per heavy atom. The van der Waals surface area contributed by atoms with Crippen molar-refractivity contribution in [2.24, 2.45) is 0 Å². The first-order valence-electron chi connectivity index (χ1n) is 9.60. The predicted molar refractivity (Wildman–Crippen MR) is 112 cm³/mol. The van der Waals surface area contributed by atoms with Crippen LogP contribution in [-0.2, 0) is 12.8 Å². The van der Waals surface area contributed by atoms with Gasteiger partial charge in [-0.1, -0.05) is 6.07 Å². The minimum atomic E-state index is 0.0949. The summed E-state index contributed by atoms with van der Waals surface area (Å²) in [6, 6.07) is 6.25. The van der Waals surface area contributed by atoms with Crippen molar-refractivity contribution in [1.29, 1.82) is 0 Å². The second-order valence-corrected chi connectivity index (χ2v) is 9.16. The number of piperazine rings is 1. The van der Waals surface area contributed by atoms with Gasteiger partial charge in [-0.2, -0.15) is 5.10 Å². The average Bonchev–Trinajstić information content (AvgIpc) is 3.47. The molecule has 0 aromatic carbocycles. The first-order chi connectivity index (χ1) is 13.7. The summed E-state index contributed by atoms with van der Waals surface area (Å²) in [7, 11) is 0. The van der Waals surface area contributed by atoms with Crippen LogP contribution in [0.5, 0.6) is 0 Å². The van der Waals surface area contributed by atoms with E-state index in [1.165, 1.54) is 23.3 Å². The second kappa shape index (κ2) is 7.25. The van der Waals surface area contributed by atoms with Gasteiger partial charge in [0.1, 0.15) is 9.88 Å². The van der Waals surface area contributed by atoms with Crippen molar-refractivity contribution in [3.8, 4) is 9.88 Å². The Kier molecular flexibility index (Phi) is 4.60. The summed E-state index contributed by atoms with van der Waals surface area (Å²) in [6.07, 6.45) is 3.33. The molecule has 0 saturated carbocycles. The van der Waals surface area contributed by atoms with Crippen LogP contribution >= 0.6 is 22.7 Å². The largest absolute Gasteiger partial charge is 0.352 e. The zero-order chi connectivity index (χ0) is 19.1. The van der Waals surface area contributed by atoms with E-state index >= 15 is 0 Å². The number of fused-ring (bicyclic) bond motifs is 1. The lowest BCUT2D eigenvalue weighted by Gasteiger charge is -2.35. The van der Waals surface area contributed by atoms with Gasteiger partial charge in [-0.15, -0.1) is 27.8 Å². The normalized spacial score (nSPS) is 16.5.